The molecule has 2 rings (SSSR count). The van der Waals surface area contributed by atoms with Crippen LogP contribution >= 0.6 is 0 Å². The largest absolute Gasteiger partial charge is 0.392 e. The maximum atomic E-state index is 9.87. The first kappa shape index (κ1) is 13.3. The summed E-state index contributed by atoms with van der Waals surface area (Å²) in [6, 6.07) is 0.370. The lowest BCUT2D eigenvalue weighted by Gasteiger charge is -2.31. The van der Waals surface area contributed by atoms with Crippen molar-refractivity contribution >= 4 is 0 Å². The van der Waals surface area contributed by atoms with Gasteiger partial charge in [0.25, 0.3) is 0 Å². The van der Waals surface area contributed by atoms with Crippen molar-refractivity contribution in [2.45, 2.75) is 57.1 Å². The molecule has 1 saturated heterocycles. The summed E-state index contributed by atoms with van der Waals surface area (Å²) in [5.74, 6) is 0.902. The minimum atomic E-state index is -0.0961. The van der Waals surface area contributed by atoms with Gasteiger partial charge >= 0.3 is 0 Å². The Morgan fingerprint density at radius 3 is 2.53 bits per heavy atom. The van der Waals surface area contributed by atoms with Crippen molar-refractivity contribution in [3.8, 4) is 0 Å². The van der Waals surface area contributed by atoms with Gasteiger partial charge in [0.15, 0.2) is 0 Å². The summed E-state index contributed by atoms with van der Waals surface area (Å²) in [5, 5.41) is 13.4. The molecular weight excluding hydrogens is 212 g/mol. The van der Waals surface area contributed by atoms with Crippen LogP contribution in [0.1, 0.15) is 44.9 Å². The summed E-state index contributed by atoms with van der Waals surface area (Å²) in [6.07, 6.45) is 8.53. The Balaban J connectivity index is 1.59. The van der Waals surface area contributed by atoms with Crippen LogP contribution < -0.4 is 5.32 Å². The molecule has 2 fully saturated rings. The topological polar surface area (TPSA) is 35.5 Å². The van der Waals surface area contributed by atoms with Gasteiger partial charge in [-0.1, -0.05) is 12.8 Å². The molecule has 2 atom stereocenters. The van der Waals surface area contributed by atoms with Crippen molar-refractivity contribution in [3.05, 3.63) is 0 Å². The predicted molar refractivity (Wildman–Crippen MR) is 71.1 cm³/mol. The number of aliphatic hydroxyl groups is 1. The summed E-state index contributed by atoms with van der Waals surface area (Å²) < 4.78 is 0. The summed E-state index contributed by atoms with van der Waals surface area (Å²) in [5.41, 5.74) is 0. The van der Waals surface area contributed by atoms with Crippen molar-refractivity contribution in [3.63, 3.8) is 0 Å². The van der Waals surface area contributed by atoms with E-state index >= 15 is 0 Å². The number of piperidine rings is 1. The average Bonchev–Trinajstić information content (AvgIpc) is 2.34. The predicted octanol–water partition coefficient (Wildman–Crippen LogP) is 1.61. The fraction of sp³-hybridized carbons (Fsp3) is 1.00. The summed E-state index contributed by atoms with van der Waals surface area (Å²) >= 11 is 0. The molecule has 17 heavy (non-hydrogen) atoms. The second kappa shape index (κ2) is 6.72. The van der Waals surface area contributed by atoms with E-state index in [1.165, 1.54) is 45.2 Å². The number of hydrogen-bond donors (Lipinski definition) is 2. The molecule has 0 radical (unpaired) electrons. The van der Waals surface area contributed by atoms with Crippen LogP contribution in [0.3, 0.4) is 0 Å². The minimum absolute atomic E-state index is 0.0961. The quantitative estimate of drug-likeness (QED) is 0.784. The molecule has 2 aliphatic rings. The van der Waals surface area contributed by atoms with E-state index in [0.29, 0.717) is 6.04 Å². The van der Waals surface area contributed by atoms with Gasteiger partial charge in [-0.25, -0.2) is 0 Å². The Labute approximate surface area is 106 Å². The Hall–Kier alpha value is -0.120. The first-order valence-corrected chi connectivity index (χ1v) is 7.35. The van der Waals surface area contributed by atoms with E-state index in [1.54, 1.807) is 0 Å². The van der Waals surface area contributed by atoms with E-state index in [4.69, 9.17) is 0 Å². The molecule has 2 unspecified atom stereocenters. The number of nitrogens with zero attached hydrogens (tertiary/aromatic N) is 1. The zero-order chi connectivity index (χ0) is 12.1. The first-order chi connectivity index (χ1) is 8.25. The standard InChI is InChI=1S/C14H28N2O/c1-16-10-7-12(8-11-16)6-9-15-13-4-2-3-5-14(13)17/h12-15,17H,2-11H2,1H3. The van der Waals surface area contributed by atoms with Gasteiger partial charge < -0.3 is 15.3 Å². The highest BCUT2D eigenvalue weighted by Crippen LogP contribution is 2.21. The van der Waals surface area contributed by atoms with Crippen LogP contribution in [0.5, 0.6) is 0 Å². The van der Waals surface area contributed by atoms with Crippen molar-refractivity contribution in [1.82, 2.24) is 10.2 Å². The Bertz CT molecular complexity index is 214. The molecule has 0 aromatic carbocycles. The van der Waals surface area contributed by atoms with Gasteiger partial charge in [0.1, 0.15) is 0 Å². The maximum absolute atomic E-state index is 9.87. The molecule has 1 heterocycles. The van der Waals surface area contributed by atoms with Crippen molar-refractivity contribution in [1.29, 1.82) is 0 Å². The van der Waals surface area contributed by atoms with E-state index in [2.05, 4.69) is 17.3 Å². The summed E-state index contributed by atoms with van der Waals surface area (Å²) in [6.45, 7) is 3.61. The van der Waals surface area contributed by atoms with Gasteiger partial charge in [0.05, 0.1) is 6.10 Å². The molecule has 3 nitrogen and oxygen atoms in total. The van der Waals surface area contributed by atoms with Gasteiger partial charge in [0.2, 0.25) is 0 Å². The molecule has 2 N–H and O–H groups in total. The van der Waals surface area contributed by atoms with E-state index < -0.39 is 0 Å². The van der Waals surface area contributed by atoms with Gasteiger partial charge in [-0.15, -0.1) is 0 Å². The number of likely N-dealkylation sites (tertiary alicyclic amines) is 1. The van der Waals surface area contributed by atoms with E-state index in [1.807, 2.05) is 0 Å². The molecule has 0 spiro atoms. The maximum Gasteiger partial charge on any atom is 0.0693 e. The first-order valence-electron chi connectivity index (χ1n) is 7.35. The van der Waals surface area contributed by atoms with Crippen LogP contribution in [0.2, 0.25) is 0 Å². The van der Waals surface area contributed by atoms with Gasteiger partial charge in [0, 0.05) is 6.04 Å². The summed E-state index contributed by atoms with van der Waals surface area (Å²) in [7, 11) is 2.22. The second-order valence-electron chi connectivity index (χ2n) is 5.95. The van der Waals surface area contributed by atoms with Crippen molar-refractivity contribution in [2.75, 3.05) is 26.7 Å². The molecule has 1 aliphatic carbocycles. The lowest BCUT2D eigenvalue weighted by atomic mass is 9.91. The van der Waals surface area contributed by atoms with E-state index in [0.717, 1.165) is 25.3 Å². The fourth-order valence-corrected chi connectivity index (χ4v) is 3.17. The normalized spacial score (nSPS) is 32.8. The lowest BCUT2D eigenvalue weighted by Crippen LogP contribution is -2.43. The third-order valence-electron chi connectivity index (χ3n) is 4.53. The fourth-order valence-electron chi connectivity index (χ4n) is 3.17. The third-order valence-corrected chi connectivity index (χ3v) is 4.53. The van der Waals surface area contributed by atoms with Crippen LogP contribution in [0.25, 0.3) is 0 Å². The molecule has 1 saturated carbocycles. The van der Waals surface area contributed by atoms with Crippen LogP contribution in [-0.2, 0) is 0 Å². The molecular formula is C14H28N2O. The van der Waals surface area contributed by atoms with Crippen LogP contribution in [0.4, 0.5) is 0 Å². The Morgan fingerprint density at radius 2 is 1.82 bits per heavy atom. The van der Waals surface area contributed by atoms with Crippen LogP contribution in [0.15, 0.2) is 0 Å². The summed E-state index contributed by atoms with van der Waals surface area (Å²) in [4.78, 5) is 2.43. The van der Waals surface area contributed by atoms with Gasteiger partial charge in [-0.2, -0.15) is 0 Å². The lowest BCUT2D eigenvalue weighted by molar-refractivity contribution is 0.0895. The molecule has 0 amide bonds. The van der Waals surface area contributed by atoms with E-state index in [9.17, 15) is 5.11 Å². The highest BCUT2D eigenvalue weighted by Gasteiger charge is 2.23. The SMILES string of the molecule is CN1CCC(CCNC2CCCCC2O)CC1. The van der Waals surface area contributed by atoms with Crippen LogP contribution in [0, 0.1) is 5.92 Å². The Morgan fingerprint density at radius 1 is 1.12 bits per heavy atom. The number of nitrogens with one attached hydrogen (secondary N) is 1. The monoisotopic (exact) mass is 240 g/mol. The van der Waals surface area contributed by atoms with Gasteiger partial charge in [-0.05, 0) is 64.7 Å². The minimum Gasteiger partial charge on any atom is -0.392 e. The molecule has 0 aromatic rings. The number of aliphatic hydroxyl groups excluding tert-OH is 1. The second-order valence-corrected chi connectivity index (χ2v) is 5.95. The number of rotatable bonds is 4. The highest BCUT2D eigenvalue weighted by molar-refractivity contribution is 4.81. The zero-order valence-electron chi connectivity index (χ0n) is 11.2. The average molecular weight is 240 g/mol. The smallest absolute Gasteiger partial charge is 0.0693 e. The molecule has 0 aromatic heterocycles. The van der Waals surface area contributed by atoms with Gasteiger partial charge in [-0.3, -0.25) is 0 Å². The number of hydrogen-bond acceptors (Lipinski definition) is 3. The molecule has 1 aliphatic heterocycles. The zero-order valence-corrected chi connectivity index (χ0v) is 11.2. The third kappa shape index (κ3) is 4.23. The van der Waals surface area contributed by atoms with E-state index in [-0.39, 0.29) is 6.10 Å². The highest BCUT2D eigenvalue weighted by atomic mass is 16.3. The Kier molecular flexibility index (Phi) is 5.26. The molecule has 3 heteroatoms. The molecule has 100 valence electrons. The van der Waals surface area contributed by atoms with Crippen LogP contribution in [-0.4, -0.2) is 48.8 Å². The van der Waals surface area contributed by atoms with Crippen molar-refractivity contribution < 1.29 is 5.11 Å². The molecule has 0 bridgehead atoms. The van der Waals surface area contributed by atoms with Crippen molar-refractivity contribution in [2.24, 2.45) is 5.92 Å².